The Morgan fingerprint density at radius 2 is 2.18 bits per heavy atom. The Kier molecular flexibility index (Phi) is 5.11. The number of nitrogens with two attached hydrogens (primary N) is 1. The summed E-state index contributed by atoms with van der Waals surface area (Å²) >= 11 is 0. The minimum absolute atomic E-state index is 0.373. The third kappa shape index (κ3) is 4.22. The first-order valence-electron chi connectivity index (χ1n) is 7.62. The normalized spacial score (nSPS) is 20.2. The van der Waals surface area contributed by atoms with Gasteiger partial charge in [-0.2, -0.15) is 0 Å². The van der Waals surface area contributed by atoms with Gasteiger partial charge in [0.2, 0.25) is 0 Å². The van der Waals surface area contributed by atoms with Crippen LogP contribution < -0.4 is 5.73 Å². The average molecular weight is 323 g/mol. The predicted octanol–water partition coefficient (Wildman–Crippen LogP) is 1.95. The lowest BCUT2D eigenvalue weighted by molar-refractivity contribution is 0.270. The van der Waals surface area contributed by atoms with E-state index < -0.39 is 9.84 Å². The monoisotopic (exact) mass is 323 g/mol. The standard InChI is InChI=1S/C16H25N3O2S/c1-12-5-4-8-19(11-12)16(17)18-10-14-6-7-15(13(2)9-14)22(3,20)21/h6-7,9,12H,4-5,8,10-11H2,1-3H3,(H2,17,18). The molecule has 1 aromatic rings. The molecule has 1 saturated heterocycles. The van der Waals surface area contributed by atoms with E-state index >= 15 is 0 Å². The highest BCUT2D eigenvalue weighted by molar-refractivity contribution is 7.90. The summed E-state index contributed by atoms with van der Waals surface area (Å²) in [6.45, 7) is 6.43. The van der Waals surface area contributed by atoms with Crippen molar-refractivity contribution in [2.45, 2.75) is 38.1 Å². The van der Waals surface area contributed by atoms with Crippen molar-refractivity contribution in [3.63, 3.8) is 0 Å². The lowest BCUT2D eigenvalue weighted by Gasteiger charge is -2.31. The number of hydrogen-bond donors (Lipinski definition) is 1. The number of sulfone groups is 1. The van der Waals surface area contributed by atoms with E-state index in [1.807, 2.05) is 6.07 Å². The molecule has 1 atom stereocenters. The van der Waals surface area contributed by atoms with Crippen molar-refractivity contribution in [3.8, 4) is 0 Å². The van der Waals surface area contributed by atoms with Gasteiger partial charge in [0.1, 0.15) is 0 Å². The van der Waals surface area contributed by atoms with E-state index in [1.54, 1.807) is 19.1 Å². The molecule has 6 heteroatoms. The zero-order valence-corrected chi connectivity index (χ0v) is 14.4. The molecular weight excluding hydrogens is 298 g/mol. The van der Waals surface area contributed by atoms with Crippen LogP contribution >= 0.6 is 0 Å². The fourth-order valence-corrected chi connectivity index (χ4v) is 3.85. The first-order valence-corrected chi connectivity index (χ1v) is 9.51. The van der Waals surface area contributed by atoms with Gasteiger partial charge in [0.05, 0.1) is 11.4 Å². The number of rotatable bonds is 3. The Bertz CT molecular complexity index is 668. The van der Waals surface area contributed by atoms with E-state index in [-0.39, 0.29) is 0 Å². The molecule has 1 aliphatic rings. The van der Waals surface area contributed by atoms with Crippen LogP contribution in [0.3, 0.4) is 0 Å². The van der Waals surface area contributed by atoms with Crippen molar-refractivity contribution in [3.05, 3.63) is 29.3 Å². The van der Waals surface area contributed by atoms with Gasteiger partial charge < -0.3 is 10.6 Å². The summed E-state index contributed by atoms with van der Waals surface area (Å²) in [4.78, 5) is 6.96. The average Bonchev–Trinajstić information content (AvgIpc) is 2.43. The maximum Gasteiger partial charge on any atom is 0.191 e. The number of aryl methyl sites for hydroxylation is 1. The zero-order valence-electron chi connectivity index (χ0n) is 13.5. The summed E-state index contributed by atoms with van der Waals surface area (Å²) in [6, 6.07) is 5.32. The molecule has 1 heterocycles. The number of nitrogens with zero attached hydrogens (tertiary/aromatic N) is 2. The second kappa shape index (κ2) is 6.69. The van der Waals surface area contributed by atoms with Crippen molar-refractivity contribution in [2.75, 3.05) is 19.3 Å². The number of likely N-dealkylation sites (tertiary alicyclic amines) is 1. The lowest BCUT2D eigenvalue weighted by atomic mass is 10.0. The summed E-state index contributed by atoms with van der Waals surface area (Å²) in [6.07, 6.45) is 3.62. The van der Waals surface area contributed by atoms with Gasteiger partial charge >= 0.3 is 0 Å². The first kappa shape index (κ1) is 16.8. The van der Waals surface area contributed by atoms with Crippen molar-refractivity contribution in [2.24, 2.45) is 16.6 Å². The van der Waals surface area contributed by atoms with Crippen molar-refractivity contribution < 1.29 is 8.42 Å². The molecule has 5 nitrogen and oxygen atoms in total. The smallest absolute Gasteiger partial charge is 0.191 e. The van der Waals surface area contributed by atoms with Crippen LogP contribution in [0, 0.1) is 12.8 Å². The summed E-state index contributed by atoms with van der Waals surface area (Å²) in [5, 5.41) is 0. The van der Waals surface area contributed by atoms with Crippen LogP contribution in [-0.4, -0.2) is 38.6 Å². The van der Waals surface area contributed by atoms with Gasteiger partial charge in [0, 0.05) is 19.3 Å². The third-order valence-electron chi connectivity index (χ3n) is 4.04. The van der Waals surface area contributed by atoms with Gasteiger partial charge in [-0.3, -0.25) is 0 Å². The minimum Gasteiger partial charge on any atom is -0.370 e. The van der Waals surface area contributed by atoms with Gasteiger partial charge in [-0.25, -0.2) is 13.4 Å². The summed E-state index contributed by atoms with van der Waals surface area (Å²) < 4.78 is 23.2. The zero-order chi connectivity index (χ0) is 16.3. The Morgan fingerprint density at radius 1 is 1.45 bits per heavy atom. The summed E-state index contributed by atoms with van der Waals surface area (Å²) in [7, 11) is -3.17. The summed E-state index contributed by atoms with van der Waals surface area (Å²) in [5.74, 6) is 1.23. The molecule has 0 aromatic heterocycles. The highest BCUT2D eigenvalue weighted by Gasteiger charge is 2.17. The largest absolute Gasteiger partial charge is 0.370 e. The van der Waals surface area contributed by atoms with Crippen LogP contribution in [0.25, 0.3) is 0 Å². The maximum atomic E-state index is 11.6. The van der Waals surface area contributed by atoms with Crippen molar-refractivity contribution in [1.82, 2.24) is 4.90 Å². The topological polar surface area (TPSA) is 75.8 Å². The molecule has 0 amide bonds. The number of aliphatic imine (C=N–C) groups is 1. The molecule has 1 aromatic carbocycles. The third-order valence-corrected chi connectivity index (χ3v) is 5.30. The lowest BCUT2D eigenvalue weighted by Crippen LogP contribution is -2.43. The Morgan fingerprint density at radius 3 is 2.77 bits per heavy atom. The second-order valence-electron chi connectivity index (χ2n) is 6.24. The number of benzene rings is 1. The van der Waals surface area contributed by atoms with E-state index in [0.717, 1.165) is 30.6 Å². The van der Waals surface area contributed by atoms with E-state index in [4.69, 9.17) is 5.73 Å². The highest BCUT2D eigenvalue weighted by Crippen LogP contribution is 2.18. The highest BCUT2D eigenvalue weighted by atomic mass is 32.2. The maximum absolute atomic E-state index is 11.6. The molecule has 1 unspecified atom stereocenters. The number of hydrogen-bond acceptors (Lipinski definition) is 3. The number of piperidine rings is 1. The molecule has 1 aliphatic heterocycles. The van der Waals surface area contributed by atoms with E-state index in [2.05, 4.69) is 16.8 Å². The van der Waals surface area contributed by atoms with Crippen LogP contribution in [0.4, 0.5) is 0 Å². The van der Waals surface area contributed by atoms with Gasteiger partial charge in [0.15, 0.2) is 15.8 Å². The van der Waals surface area contributed by atoms with Crippen LogP contribution in [0.15, 0.2) is 28.1 Å². The van der Waals surface area contributed by atoms with Crippen LogP contribution in [0.5, 0.6) is 0 Å². The SMILES string of the molecule is Cc1cc(CN=C(N)N2CCCC(C)C2)ccc1S(C)(=O)=O. The summed E-state index contributed by atoms with van der Waals surface area (Å²) in [5.41, 5.74) is 7.80. The quantitative estimate of drug-likeness (QED) is 0.681. The van der Waals surface area contributed by atoms with E-state index in [0.29, 0.717) is 23.3 Å². The van der Waals surface area contributed by atoms with Gasteiger partial charge in [-0.05, 0) is 42.9 Å². The van der Waals surface area contributed by atoms with Crippen LogP contribution in [0.1, 0.15) is 30.9 Å². The van der Waals surface area contributed by atoms with Gasteiger partial charge in [0.25, 0.3) is 0 Å². The molecule has 0 aliphatic carbocycles. The molecule has 0 saturated carbocycles. The molecule has 0 bridgehead atoms. The van der Waals surface area contributed by atoms with Crippen LogP contribution in [0.2, 0.25) is 0 Å². The molecule has 0 spiro atoms. The van der Waals surface area contributed by atoms with Gasteiger partial charge in [-0.15, -0.1) is 0 Å². The van der Waals surface area contributed by atoms with Crippen LogP contribution in [-0.2, 0) is 16.4 Å². The Balaban J connectivity index is 2.08. The Hall–Kier alpha value is -1.56. The molecule has 2 N–H and O–H groups in total. The van der Waals surface area contributed by atoms with E-state index in [9.17, 15) is 8.42 Å². The molecule has 122 valence electrons. The van der Waals surface area contributed by atoms with E-state index in [1.165, 1.54) is 12.7 Å². The van der Waals surface area contributed by atoms with Gasteiger partial charge in [-0.1, -0.05) is 19.1 Å². The molecule has 22 heavy (non-hydrogen) atoms. The number of guanidine groups is 1. The minimum atomic E-state index is -3.17. The predicted molar refractivity (Wildman–Crippen MR) is 89.6 cm³/mol. The fraction of sp³-hybridized carbons (Fsp3) is 0.562. The fourth-order valence-electron chi connectivity index (χ4n) is 2.90. The van der Waals surface area contributed by atoms with Crippen molar-refractivity contribution in [1.29, 1.82) is 0 Å². The molecule has 0 radical (unpaired) electrons. The molecule has 2 rings (SSSR count). The first-order chi connectivity index (χ1) is 10.3. The second-order valence-corrected chi connectivity index (χ2v) is 8.22. The molecule has 1 fully saturated rings. The van der Waals surface area contributed by atoms with Crippen molar-refractivity contribution >= 4 is 15.8 Å². The molecular formula is C16H25N3O2S. The Labute approximate surface area is 133 Å².